The first kappa shape index (κ1) is 16.0. The molecule has 0 fully saturated rings. The van der Waals surface area contributed by atoms with Crippen molar-refractivity contribution in [3.63, 3.8) is 0 Å². The van der Waals surface area contributed by atoms with Gasteiger partial charge in [0, 0.05) is 16.5 Å². The van der Waals surface area contributed by atoms with E-state index in [0.717, 1.165) is 10.2 Å². The minimum Gasteiger partial charge on any atom is -0.474 e. The zero-order valence-electron chi connectivity index (χ0n) is 12.9. The van der Waals surface area contributed by atoms with E-state index >= 15 is 0 Å². The van der Waals surface area contributed by atoms with E-state index in [9.17, 15) is 9.90 Å². The number of aliphatic hydroxyl groups is 1. The Bertz CT molecular complexity index is 759. The summed E-state index contributed by atoms with van der Waals surface area (Å²) in [4.78, 5) is 12.0. The van der Waals surface area contributed by atoms with Crippen LogP contribution in [0.25, 0.3) is 5.69 Å². The maximum atomic E-state index is 12.0. The van der Waals surface area contributed by atoms with E-state index in [4.69, 9.17) is 9.47 Å². The first-order valence-electron chi connectivity index (χ1n) is 7.32. The highest BCUT2D eigenvalue weighted by atomic mass is 79.9. The van der Waals surface area contributed by atoms with Crippen molar-refractivity contribution in [3.8, 4) is 11.6 Å². The summed E-state index contributed by atoms with van der Waals surface area (Å²) in [5, 5.41) is 15.0. The van der Waals surface area contributed by atoms with Crippen molar-refractivity contribution in [2.45, 2.75) is 25.9 Å². The van der Waals surface area contributed by atoms with Crippen molar-refractivity contribution in [1.29, 1.82) is 0 Å². The van der Waals surface area contributed by atoms with Gasteiger partial charge >= 0.3 is 5.97 Å². The summed E-state index contributed by atoms with van der Waals surface area (Å²) < 4.78 is 13.2. The lowest BCUT2D eigenvalue weighted by Gasteiger charge is -2.30. The fourth-order valence-electron chi connectivity index (χ4n) is 2.60. The van der Waals surface area contributed by atoms with Gasteiger partial charge < -0.3 is 14.6 Å². The minimum atomic E-state index is -1.67. The molecule has 1 aliphatic heterocycles. The first-order chi connectivity index (χ1) is 11.0. The van der Waals surface area contributed by atoms with E-state index < -0.39 is 11.6 Å². The third-order valence-electron chi connectivity index (χ3n) is 3.79. The van der Waals surface area contributed by atoms with E-state index in [0.29, 0.717) is 17.1 Å². The quantitative estimate of drug-likeness (QED) is 0.826. The van der Waals surface area contributed by atoms with E-state index in [1.54, 1.807) is 11.6 Å². The van der Waals surface area contributed by atoms with Gasteiger partial charge in [0.05, 0.1) is 18.0 Å². The molecule has 2 heterocycles. The molecule has 1 aliphatic rings. The molecular formula is C16H17BrN2O4. The van der Waals surface area contributed by atoms with E-state index in [1.165, 1.54) is 0 Å². The van der Waals surface area contributed by atoms with E-state index in [1.807, 2.05) is 31.2 Å². The monoisotopic (exact) mass is 380 g/mol. The number of fused-ring (bicyclic) bond motifs is 1. The lowest BCUT2D eigenvalue weighted by atomic mass is 9.93. The molecule has 122 valence electrons. The topological polar surface area (TPSA) is 73.6 Å². The van der Waals surface area contributed by atoms with Gasteiger partial charge in [-0.15, -0.1) is 0 Å². The Balaban J connectivity index is 2.01. The van der Waals surface area contributed by atoms with Gasteiger partial charge in [0.25, 0.3) is 0 Å². The number of aromatic nitrogens is 2. The van der Waals surface area contributed by atoms with Gasteiger partial charge in [-0.25, -0.2) is 4.79 Å². The Morgan fingerprint density at radius 3 is 2.96 bits per heavy atom. The van der Waals surface area contributed by atoms with Gasteiger partial charge in [-0.05, 0) is 41.9 Å². The van der Waals surface area contributed by atoms with Crippen molar-refractivity contribution < 1.29 is 19.4 Å². The number of hydrogen-bond donors (Lipinski definition) is 1. The van der Waals surface area contributed by atoms with E-state index in [2.05, 4.69) is 21.0 Å². The Labute approximate surface area is 142 Å². The fraction of sp³-hybridized carbons (Fsp3) is 0.375. The average Bonchev–Trinajstić information content (AvgIpc) is 2.84. The summed E-state index contributed by atoms with van der Waals surface area (Å²) in [6, 6.07) is 7.64. The van der Waals surface area contributed by atoms with Gasteiger partial charge in [0.2, 0.25) is 11.5 Å². The van der Waals surface area contributed by atoms with Gasteiger partial charge in [-0.1, -0.05) is 12.1 Å². The van der Waals surface area contributed by atoms with Crippen LogP contribution in [0, 0.1) is 6.92 Å². The van der Waals surface area contributed by atoms with Gasteiger partial charge in [-0.2, -0.15) is 9.78 Å². The number of esters is 1. The maximum Gasteiger partial charge on any atom is 0.342 e. The van der Waals surface area contributed by atoms with Crippen molar-refractivity contribution in [3.05, 3.63) is 40.0 Å². The van der Waals surface area contributed by atoms with Crippen LogP contribution in [0.15, 0.2) is 28.7 Å². The Hall–Kier alpha value is -1.86. The molecular weight excluding hydrogens is 364 g/mol. The van der Waals surface area contributed by atoms with Crippen LogP contribution in [0.5, 0.6) is 5.88 Å². The zero-order valence-corrected chi connectivity index (χ0v) is 14.5. The minimum absolute atomic E-state index is 0.122. The second-order valence-corrected chi connectivity index (χ2v) is 6.30. The summed E-state index contributed by atoms with van der Waals surface area (Å²) in [6.45, 7) is 3.58. The second kappa shape index (κ2) is 5.98. The Morgan fingerprint density at radius 2 is 2.26 bits per heavy atom. The SMILES string of the molecule is CCOC(=O)C1(O)COc2c(c(C)nn2-c2ccccc2Br)C1. The number of para-hydroxylation sites is 1. The molecule has 3 rings (SSSR count). The molecule has 0 bridgehead atoms. The molecule has 0 spiro atoms. The van der Waals surface area contributed by atoms with Crippen LogP contribution in [0.4, 0.5) is 0 Å². The number of ether oxygens (including phenoxy) is 2. The summed E-state index contributed by atoms with van der Waals surface area (Å²) in [5.74, 6) is -0.123. The molecule has 1 aromatic heterocycles. The molecule has 2 aromatic rings. The highest BCUT2D eigenvalue weighted by Crippen LogP contribution is 2.36. The number of benzene rings is 1. The van der Waals surface area contributed by atoms with Crippen LogP contribution in [0.2, 0.25) is 0 Å². The van der Waals surface area contributed by atoms with Crippen LogP contribution in [0.3, 0.4) is 0 Å². The molecule has 0 aliphatic carbocycles. The van der Waals surface area contributed by atoms with Crippen molar-refractivity contribution in [1.82, 2.24) is 9.78 Å². The molecule has 0 saturated heterocycles. The predicted molar refractivity (Wildman–Crippen MR) is 86.8 cm³/mol. The van der Waals surface area contributed by atoms with Gasteiger partial charge in [0.15, 0.2) is 0 Å². The van der Waals surface area contributed by atoms with Gasteiger partial charge in [0.1, 0.15) is 6.61 Å². The third kappa shape index (κ3) is 2.74. The number of carbonyl (C=O) groups is 1. The molecule has 1 unspecified atom stereocenters. The predicted octanol–water partition coefficient (Wildman–Crippen LogP) is 2.17. The van der Waals surface area contributed by atoms with Crippen LogP contribution < -0.4 is 4.74 Å². The highest BCUT2D eigenvalue weighted by Gasteiger charge is 2.44. The van der Waals surface area contributed by atoms with E-state index in [-0.39, 0.29) is 19.6 Å². The number of carbonyl (C=O) groups excluding carboxylic acids is 1. The molecule has 1 atom stereocenters. The molecule has 6 nitrogen and oxygen atoms in total. The smallest absolute Gasteiger partial charge is 0.342 e. The fourth-order valence-corrected chi connectivity index (χ4v) is 3.06. The van der Waals surface area contributed by atoms with Gasteiger partial charge in [-0.3, -0.25) is 0 Å². The second-order valence-electron chi connectivity index (χ2n) is 5.45. The third-order valence-corrected chi connectivity index (χ3v) is 4.46. The van der Waals surface area contributed by atoms with Crippen LogP contribution in [-0.4, -0.2) is 39.7 Å². The number of halogens is 1. The molecule has 7 heteroatoms. The van der Waals surface area contributed by atoms with Crippen LogP contribution in [-0.2, 0) is 16.0 Å². The van der Waals surface area contributed by atoms with Crippen LogP contribution >= 0.6 is 15.9 Å². The van der Waals surface area contributed by atoms with Crippen LogP contribution in [0.1, 0.15) is 18.2 Å². The summed E-state index contributed by atoms with van der Waals surface area (Å²) >= 11 is 3.50. The van der Waals surface area contributed by atoms with Crippen molar-refractivity contribution in [2.75, 3.05) is 13.2 Å². The summed E-state index contributed by atoms with van der Waals surface area (Å²) in [5.41, 5.74) is 0.578. The number of rotatable bonds is 3. The standard InChI is InChI=1S/C16H17BrN2O4/c1-3-22-15(20)16(21)8-11-10(2)18-19(14(11)23-9-16)13-7-5-4-6-12(13)17/h4-7,21H,3,8-9H2,1-2H3. The molecule has 0 radical (unpaired) electrons. The van der Waals surface area contributed by atoms with Crippen molar-refractivity contribution >= 4 is 21.9 Å². The number of aryl methyl sites for hydroxylation is 1. The molecule has 23 heavy (non-hydrogen) atoms. The molecule has 0 saturated carbocycles. The normalized spacial score (nSPS) is 19.8. The lowest BCUT2D eigenvalue weighted by molar-refractivity contribution is -0.169. The summed E-state index contributed by atoms with van der Waals surface area (Å²) in [7, 11) is 0. The average molecular weight is 381 g/mol. The molecule has 0 amide bonds. The highest BCUT2D eigenvalue weighted by molar-refractivity contribution is 9.10. The number of nitrogens with zero attached hydrogens (tertiary/aromatic N) is 2. The maximum absolute atomic E-state index is 12.0. The first-order valence-corrected chi connectivity index (χ1v) is 8.11. The largest absolute Gasteiger partial charge is 0.474 e. The Morgan fingerprint density at radius 1 is 1.52 bits per heavy atom. The summed E-state index contributed by atoms with van der Waals surface area (Å²) in [6.07, 6.45) is 0.122. The molecule has 1 N–H and O–H groups in total. The Kier molecular flexibility index (Phi) is 4.16. The number of hydrogen-bond acceptors (Lipinski definition) is 5. The molecule has 1 aromatic carbocycles. The zero-order chi connectivity index (χ0) is 16.6. The van der Waals surface area contributed by atoms with Crippen molar-refractivity contribution in [2.24, 2.45) is 0 Å². The lowest BCUT2D eigenvalue weighted by Crippen LogP contribution is -2.49.